The van der Waals surface area contributed by atoms with E-state index in [1.165, 1.54) is 0 Å². The van der Waals surface area contributed by atoms with Crippen molar-refractivity contribution in [3.8, 4) is 10.6 Å². The van der Waals surface area contributed by atoms with Crippen molar-refractivity contribution >= 4 is 38.9 Å². The summed E-state index contributed by atoms with van der Waals surface area (Å²) in [5.74, 6) is 0. The van der Waals surface area contributed by atoms with Crippen LogP contribution in [0, 0.1) is 0 Å². The molecule has 0 aliphatic carbocycles. The normalized spacial score (nSPS) is 10.8. The Morgan fingerprint density at radius 3 is 3.00 bits per heavy atom. The first-order valence-corrected chi connectivity index (χ1v) is 7.25. The van der Waals surface area contributed by atoms with Crippen LogP contribution >= 0.6 is 38.9 Å². The maximum Gasteiger partial charge on any atom is 0.143 e. The summed E-state index contributed by atoms with van der Waals surface area (Å²) in [5.41, 5.74) is 1.10. The van der Waals surface area contributed by atoms with Gasteiger partial charge in [0.15, 0.2) is 0 Å². The van der Waals surface area contributed by atoms with Gasteiger partial charge in [-0.3, -0.25) is 0 Å². The molecule has 0 aliphatic rings. The van der Waals surface area contributed by atoms with Crippen LogP contribution in [-0.4, -0.2) is 18.6 Å². The van der Waals surface area contributed by atoms with Crippen molar-refractivity contribution in [1.29, 1.82) is 0 Å². The summed E-state index contributed by atoms with van der Waals surface area (Å²) in [6.45, 7) is 0.917. The standard InChI is InChI=1S/C12H12BrClN2S/c1-15-6-5-10-11(14)16-12(17-10)8-3-2-4-9(13)7-8/h2-4,7,15H,5-6H2,1H3. The molecule has 0 atom stereocenters. The molecule has 2 rings (SSSR count). The van der Waals surface area contributed by atoms with Gasteiger partial charge in [0.05, 0.1) is 0 Å². The molecule has 17 heavy (non-hydrogen) atoms. The second-order valence-corrected chi connectivity index (χ2v) is 5.95. The van der Waals surface area contributed by atoms with Gasteiger partial charge >= 0.3 is 0 Å². The second-order valence-electron chi connectivity index (χ2n) is 3.60. The van der Waals surface area contributed by atoms with Gasteiger partial charge in [0.2, 0.25) is 0 Å². The van der Waals surface area contributed by atoms with Crippen LogP contribution in [0.1, 0.15) is 4.88 Å². The van der Waals surface area contributed by atoms with E-state index in [-0.39, 0.29) is 0 Å². The van der Waals surface area contributed by atoms with Gasteiger partial charge in [-0.1, -0.05) is 39.7 Å². The van der Waals surface area contributed by atoms with Crippen molar-refractivity contribution in [3.05, 3.63) is 38.8 Å². The number of benzene rings is 1. The molecule has 0 unspecified atom stereocenters. The number of hydrogen-bond acceptors (Lipinski definition) is 3. The first kappa shape index (κ1) is 13.0. The van der Waals surface area contributed by atoms with Crippen LogP contribution in [0.5, 0.6) is 0 Å². The molecule has 90 valence electrons. The van der Waals surface area contributed by atoms with Crippen LogP contribution < -0.4 is 5.32 Å². The van der Waals surface area contributed by atoms with Crippen LogP contribution in [0.15, 0.2) is 28.7 Å². The maximum atomic E-state index is 6.13. The van der Waals surface area contributed by atoms with Gasteiger partial charge in [-0.2, -0.15) is 0 Å². The van der Waals surface area contributed by atoms with Gasteiger partial charge in [0.1, 0.15) is 10.2 Å². The maximum absolute atomic E-state index is 6.13. The smallest absolute Gasteiger partial charge is 0.143 e. The SMILES string of the molecule is CNCCc1sc(-c2cccc(Br)c2)nc1Cl. The van der Waals surface area contributed by atoms with Crippen molar-refractivity contribution in [2.24, 2.45) is 0 Å². The Kier molecular flexibility index (Phi) is 4.56. The lowest BCUT2D eigenvalue weighted by molar-refractivity contribution is 0.798. The Labute approximate surface area is 118 Å². The van der Waals surface area contributed by atoms with Gasteiger partial charge < -0.3 is 5.32 Å². The highest BCUT2D eigenvalue weighted by Gasteiger charge is 2.10. The average molecular weight is 332 g/mol. The summed E-state index contributed by atoms with van der Waals surface area (Å²) in [7, 11) is 1.93. The van der Waals surface area contributed by atoms with Gasteiger partial charge in [-0.15, -0.1) is 11.3 Å². The Hall–Kier alpha value is -0.420. The third-order valence-electron chi connectivity index (χ3n) is 2.32. The number of rotatable bonds is 4. The minimum Gasteiger partial charge on any atom is -0.319 e. The van der Waals surface area contributed by atoms with Crippen molar-refractivity contribution in [2.45, 2.75) is 6.42 Å². The number of halogens is 2. The molecule has 0 spiro atoms. The van der Waals surface area contributed by atoms with E-state index in [0.717, 1.165) is 32.9 Å². The second kappa shape index (κ2) is 5.96. The summed E-state index contributed by atoms with van der Waals surface area (Å²) in [4.78, 5) is 5.55. The molecule has 0 saturated carbocycles. The Balaban J connectivity index is 2.28. The number of nitrogens with one attached hydrogen (secondary N) is 1. The van der Waals surface area contributed by atoms with Crippen molar-refractivity contribution in [3.63, 3.8) is 0 Å². The lowest BCUT2D eigenvalue weighted by Crippen LogP contribution is -2.09. The molecule has 0 bridgehead atoms. The zero-order valence-corrected chi connectivity index (χ0v) is 12.5. The van der Waals surface area contributed by atoms with Gasteiger partial charge in [0, 0.05) is 14.9 Å². The minimum atomic E-state index is 0.625. The number of nitrogens with zero attached hydrogens (tertiary/aromatic N) is 1. The Bertz CT molecular complexity index is 513. The fourth-order valence-corrected chi connectivity index (χ4v) is 3.16. The van der Waals surface area contributed by atoms with E-state index < -0.39 is 0 Å². The quantitative estimate of drug-likeness (QED) is 0.916. The molecule has 1 N–H and O–H groups in total. The fourth-order valence-electron chi connectivity index (χ4n) is 1.47. The molecule has 1 heterocycles. The summed E-state index contributed by atoms with van der Waals surface area (Å²) >= 11 is 11.2. The highest BCUT2D eigenvalue weighted by molar-refractivity contribution is 9.10. The van der Waals surface area contributed by atoms with Gasteiger partial charge in [-0.05, 0) is 32.1 Å². The average Bonchev–Trinajstić information content (AvgIpc) is 2.68. The number of aromatic nitrogens is 1. The van der Waals surface area contributed by atoms with E-state index in [0.29, 0.717) is 5.15 Å². The first-order chi connectivity index (χ1) is 8.20. The van der Waals surface area contributed by atoms with E-state index in [9.17, 15) is 0 Å². The minimum absolute atomic E-state index is 0.625. The summed E-state index contributed by atoms with van der Waals surface area (Å²) in [6, 6.07) is 8.10. The molecule has 2 aromatic rings. The largest absolute Gasteiger partial charge is 0.319 e. The molecule has 0 radical (unpaired) electrons. The Morgan fingerprint density at radius 2 is 2.29 bits per heavy atom. The van der Waals surface area contributed by atoms with Crippen molar-refractivity contribution in [2.75, 3.05) is 13.6 Å². The molecule has 0 amide bonds. The lowest BCUT2D eigenvalue weighted by atomic mass is 10.2. The third-order valence-corrected chi connectivity index (χ3v) is 4.41. The number of likely N-dealkylation sites (N-methyl/N-ethyl adjacent to an activating group) is 1. The van der Waals surface area contributed by atoms with E-state index in [1.54, 1.807) is 11.3 Å². The van der Waals surface area contributed by atoms with E-state index in [2.05, 4.69) is 32.3 Å². The van der Waals surface area contributed by atoms with Crippen molar-refractivity contribution < 1.29 is 0 Å². The van der Waals surface area contributed by atoms with Crippen molar-refractivity contribution in [1.82, 2.24) is 10.3 Å². The molecule has 0 fully saturated rings. The van der Waals surface area contributed by atoms with E-state index in [1.807, 2.05) is 25.2 Å². The molecular formula is C12H12BrClN2S. The first-order valence-electron chi connectivity index (χ1n) is 5.26. The van der Waals surface area contributed by atoms with Crippen LogP contribution in [0.4, 0.5) is 0 Å². The highest BCUT2D eigenvalue weighted by atomic mass is 79.9. The number of thiazole rings is 1. The van der Waals surface area contributed by atoms with Crippen LogP contribution in [0.3, 0.4) is 0 Å². The summed E-state index contributed by atoms with van der Waals surface area (Å²) in [6.07, 6.45) is 0.918. The highest BCUT2D eigenvalue weighted by Crippen LogP contribution is 2.32. The zero-order valence-electron chi connectivity index (χ0n) is 9.34. The molecule has 0 aliphatic heterocycles. The van der Waals surface area contributed by atoms with Crippen LogP contribution in [0.2, 0.25) is 5.15 Å². The number of hydrogen-bond donors (Lipinski definition) is 1. The molecule has 5 heteroatoms. The van der Waals surface area contributed by atoms with Crippen LogP contribution in [0.25, 0.3) is 10.6 Å². The molecule has 2 nitrogen and oxygen atoms in total. The van der Waals surface area contributed by atoms with E-state index in [4.69, 9.17) is 11.6 Å². The Morgan fingerprint density at radius 1 is 1.47 bits per heavy atom. The predicted octanol–water partition coefficient (Wildman–Crippen LogP) is 3.99. The molecule has 1 aromatic carbocycles. The molecule has 0 saturated heterocycles. The van der Waals surface area contributed by atoms with E-state index >= 15 is 0 Å². The summed E-state index contributed by atoms with van der Waals surface area (Å²) in [5, 5.41) is 4.71. The predicted molar refractivity (Wildman–Crippen MR) is 77.9 cm³/mol. The fraction of sp³-hybridized carbons (Fsp3) is 0.250. The topological polar surface area (TPSA) is 24.9 Å². The lowest BCUT2D eigenvalue weighted by Gasteiger charge is -1.96. The monoisotopic (exact) mass is 330 g/mol. The van der Waals surface area contributed by atoms with Gasteiger partial charge in [0.25, 0.3) is 0 Å². The molecular weight excluding hydrogens is 320 g/mol. The molecule has 1 aromatic heterocycles. The zero-order chi connectivity index (χ0) is 12.3. The van der Waals surface area contributed by atoms with Crippen LogP contribution in [-0.2, 0) is 6.42 Å². The summed E-state index contributed by atoms with van der Waals surface area (Å²) < 4.78 is 1.05. The third kappa shape index (κ3) is 3.28. The van der Waals surface area contributed by atoms with Gasteiger partial charge in [-0.25, -0.2) is 4.98 Å².